The van der Waals surface area contributed by atoms with Crippen molar-refractivity contribution in [2.24, 2.45) is 11.0 Å². The lowest BCUT2D eigenvalue weighted by Crippen LogP contribution is -2.40. The molecule has 0 spiro atoms. The number of hydrogen-bond donors (Lipinski definition) is 0. The molecule has 1 saturated heterocycles. The van der Waals surface area contributed by atoms with Gasteiger partial charge in [0.1, 0.15) is 6.61 Å². The molecule has 1 aromatic rings. The normalized spacial score (nSPS) is 23.9. The quantitative estimate of drug-likeness (QED) is 0.323. The van der Waals surface area contributed by atoms with Gasteiger partial charge in [-0.05, 0) is 19.1 Å². The summed E-state index contributed by atoms with van der Waals surface area (Å²) >= 11 is 0. The average Bonchev–Trinajstić information content (AvgIpc) is 3.18. The van der Waals surface area contributed by atoms with E-state index in [0.717, 1.165) is 5.01 Å². The Hall–Kier alpha value is -2.74. The van der Waals surface area contributed by atoms with Gasteiger partial charge in [-0.3, -0.25) is 9.59 Å². The third-order valence-electron chi connectivity index (χ3n) is 5.11. The van der Waals surface area contributed by atoms with Gasteiger partial charge in [-0.15, -0.1) is 0 Å². The fourth-order valence-electron chi connectivity index (χ4n) is 3.33. The third-order valence-corrected chi connectivity index (χ3v) is 5.11. The molecule has 1 aromatic carbocycles. The minimum absolute atomic E-state index is 0.0831. The van der Waals surface area contributed by atoms with Crippen LogP contribution in [0, 0.1) is 5.92 Å². The van der Waals surface area contributed by atoms with Crippen LogP contribution in [0.4, 0.5) is 5.69 Å². The summed E-state index contributed by atoms with van der Waals surface area (Å²) in [5, 5.41) is 5.26. The molecule has 0 aromatic heterocycles. The largest absolute Gasteiger partial charge is 0.427 e. The number of Topliss-reactive ketones (excluding diaryl/α,β-unsaturated/α-hetero) is 1. The maximum absolute atomic E-state index is 12.8. The Labute approximate surface area is 209 Å². The number of benzene rings is 1. The topological polar surface area (TPSA) is 131 Å². The molecular weight excluding hydrogens is 476 g/mol. The standard InChI is InChI=1S/C24H32N2O10/c1-18-21(23(28)26(25-18)19-5-3-2-4-6-19)22(27)24(29)36-20-17-34-14-13-32-10-9-30-7-8-31-11-12-33-15-16-35-20/h2-6,20-21H,7-17H2,1H3. The molecule has 12 nitrogen and oxygen atoms in total. The number of carbonyl (C=O) groups excluding carboxylic acids is 3. The summed E-state index contributed by atoms with van der Waals surface area (Å²) in [6.45, 7) is 4.67. The van der Waals surface area contributed by atoms with Crippen LogP contribution in [0.5, 0.6) is 0 Å². The van der Waals surface area contributed by atoms with Crippen LogP contribution in [0.15, 0.2) is 35.4 Å². The Bertz CT molecular complexity index is 861. The van der Waals surface area contributed by atoms with E-state index >= 15 is 0 Å². The number of ketones is 1. The zero-order valence-electron chi connectivity index (χ0n) is 20.3. The van der Waals surface area contributed by atoms with E-state index < -0.39 is 29.9 Å². The van der Waals surface area contributed by atoms with Crippen molar-refractivity contribution in [3.05, 3.63) is 30.3 Å². The smallest absolute Gasteiger partial charge is 0.378 e. The third kappa shape index (κ3) is 8.73. The van der Waals surface area contributed by atoms with E-state index in [1.165, 1.54) is 6.92 Å². The summed E-state index contributed by atoms with van der Waals surface area (Å²) in [6.07, 6.45) is -1.18. The van der Waals surface area contributed by atoms with Crippen molar-refractivity contribution in [3.63, 3.8) is 0 Å². The second-order valence-electron chi connectivity index (χ2n) is 7.75. The number of nitrogens with zero attached hydrogens (tertiary/aromatic N) is 2. The Morgan fingerprint density at radius 2 is 1.36 bits per heavy atom. The van der Waals surface area contributed by atoms with Crippen LogP contribution >= 0.6 is 0 Å². The van der Waals surface area contributed by atoms with E-state index in [0.29, 0.717) is 51.9 Å². The monoisotopic (exact) mass is 508 g/mol. The highest BCUT2D eigenvalue weighted by Gasteiger charge is 2.43. The van der Waals surface area contributed by atoms with Crippen LogP contribution < -0.4 is 5.01 Å². The van der Waals surface area contributed by atoms with Crippen LogP contribution in [0.3, 0.4) is 0 Å². The molecule has 36 heavy (non-hydrogen) atoms. The second kappa shape index (κ2) is 15.4. The lowest BCUT2D eigenvalue weighted by molar-refractivity contribution is -0.196. The Kier molecular flexibility index (Phi) is 11.9. The molecule has 0 aliphatic carbocycles. The molecule has 2 atom stereocenters. The van der Waals surface area contributed by atoms with Crippen LogP contribution in [-0.4, -0.2) is 102 Å². The summed E-state index contributed by atoms with van der Waals surface area (Å²) in [6, 6.07) is 8.63. The van der Waals surface area contributed by atoms with Crippen molar-refractivity contribution in [1.29, 1.82) is 0 Å². The molecule has 3 rings (SSSR count). The van der Waals surface area contributed by atoms with Crippen LogP contribution in [0.25, 0.3) is 0 Å². The van der Waals surface area contributed by atoms with Gasteiger partial charge in [0.2, 0.25) is 6.29 Å². The summed E-state index contributed by atoms with van der Waals surface area (Å²) in [7, 11) is 0. The van der Waals surface area contributed by atoms with Crippen LogP contribution in [0.2, 0.25) is 0 Å². The van der Waals surface area contributed by atoms with Gasteiger partial charge in [0.25, 0.3) is 11.7 Å². The number of carbonyl (C=O) groups is 3. The predicted octanol–water partition coefficient (Wildman–Crippen LogP) is 0.577. The lowest BCUT2D eigenvalue weighted by Gasteiger charge is -2.19. The van der Waals surface area contributed by atoms with E-state index in [1.807, 2.05) is 0 Å². The zero-order chi connectivity index (χ0) is 25.6. The Morgan fingerprint density at radius 1 is 0.833 bits per heavy atom. The number of amides is 1. The Balaban J connectivity index is 1.54. The maximum Gasteiger partial charge on any atom is 0.378 e. The summed E-state index contributed by atoms with van der Waals surface area (Å²) < 4.78 is 37.8. The number of anilines is 1. The molecule has 0 radical (unpaired) electrons. The van der Waals surface area contributed by atoms with Gasteiger partial charge in [-0.1, -0.05) is 18.2 Å². The lowest BCUT2D eigenvalue weighted by atomic mass is 9.99. The zero-order valence-corrected chi connectivity index (χ0v) is 20.3. The molecule has 2 unspecified atom stereocenters. The molecule has 12 heteroatoms. The minimum atomic E-state index is -1.36. The SMILES string of the molecule is CC1=NN(c2ccccc2)C(=O)C1C(=O)C(=O)OC1COCCOCCOCCOCCOCCO1. The molecule has 2 aliphatic heterocycles. The highest BCUT2D eigenvalue weighted by atomic mass is 16.7. The summed E-state index contributed by atoms with van der Waals surface area (Å²) in [5.74, 6) is -4.23. The van der Waals surface area contributed by atoms with E-state index in [-0.39, 0.29) is 32.1 Å². The Morgan fingerprint density at radius 3 is 1.94 bits per heavy atom. The molecule has 0 N–H and O–H groups in total. The molecule has 0 saturated carbocycles. The first-order valence-corrected chi connectivity index (χ1v) is 11.8. The van der Waals surface area contributed by atoms with E-state index in [9.17, 15) is 14.4 Å². The van der Waals surface area contributed by atoms with Gasteiger partial charge in [0, 0.05) is 0 Å². The fraction of sp³-hybridized carbons (Fsp3) is 0.583. The summed E-state index contributed by atoms with van der Waals surface area (Å²) in [4.78, 5) is 38.3. The number of hydrogen-bond acceptors (Lipinski definition) is 11. The highest BCUT2D eigenvalue weighted by Crippen LogP contribution is 2.24. The van der Waals surface area contributed by atoms with Crippen molar-refractivity contribution in [1.82, 2.24) is 0 Å². The molecule has 1 fully saturated rings. The predicted molar refractivity (Wildman–Crippen MR) is 125 cm³/mol. The summed E-state index contributed by atoms with van der Waals surface area (Å²) in [5.41, 5.74) is 0.690. The first-order chi connectivity index (χ1) is 17.6. The highest BCUT2D eigenvalue weighted by molar-refractivity contribution is 6.46. The maximum atomic E-state index is 12.8. The molecular formula is C24H32N2O10. The first-order valence-electron chi connectivity index (χ1n) is 11.8. The molecule has 2 heterocycles. The van der Waals surface area contributed by atoms with Gasteiger partial charge in [0.05, 0.1) is 77.5 Å². The second-order valence-corrected chi connectivity index (χ2v) is 7.75. The van der Waals surface area contributed by atoms with Crippen molar-refractivity contribution in [2.45, 2.75) is 13.2 Å². The van der Waals surface area contributed by atoms with Crippen LogP contribution in [-0.2, 0) is 47.5 Å². The van der Waals surface area contributed by atoms with E-state index in [2.05, 4.69) is 5.10 Å². The van der Waals surface area contributed by atoms with Crippen molar-refractivity contribution in [2.75, 3.05) is 77.7 Å². The van der Waals surface area contributed by atoms with Crippen molar-refractivity contribution < 1.29 is 47.5 Å². The van der Waals surface area contributed by atoms with Gasteiger partial charge in [-0.2, -0.15) is 10.1 Å². The van der Waals surface area contributed by atoms with Gasteiger partial charge >= 0.3 is 5.97 Å². The average molecular weight is 509 g/mol. The van der Waals surface area contributed by atoms with E-state index in [4.69, 9.17) is 33.2 Å². The van der Waals surface area contributed by atoms with Crippen molar-refractivity contribution >= 4 is 29.1 Å². The minimum Gasteiger partial charge on any atom is -0.427 e. The molecule has 0 bridgehead atoms. The number of hydrazone groups is 1. The van der Waals surface area contributed by atoms with Gasteiger partial charge < -0.3 is 33.2 Å². The first kappa shape index (κ1) is 27.8. The van der Waals surface area contributed by atoms with Crippen LogP contribution in [0.1, 0.15) is 6.92 Å². The van der Waals surface area contributed by atoms with Gasteiger partial charge in [0.15, 0.2) is 5.92 Å². The molecule has 198 valence electrons. The molecule has 1 amide bonds. The van der Waals surface area contributed by atoms with Crippen molar-refractivity contribution in [3.8, 4) is 0 Å². The fourth-order valence-corrected chi connectivity index (χ4v) is 3.33. The number of para-hydroxylation sites is 1. The molecule has 2 aliphatic rings. The number of ether oxygens (including phenoxy) is 7. The number of rotatable bonds is 4. The van der Waals surface area contributed by atoms with E-state index in [1.54, 1.807) is 30.3 Å². The van der Waals surface area contributed by atoms with Gasteiger partial charge in [-0.25, -0.2) is 4.79 Å². The number of esters is 1.